The maximum absolute atomic E-state index is 12.4. The van der Waals surface area contributed by atoms with Gasteiger partial charge in [0.05, 0.1) is 20.3 Å². The molecule has 0 bridgehead atoms. The fraction of sp³-hybridized carbons (Fsp3) is 0.238. The van der Waals surface area contributed by atoms with Crippen LogP contribution in [-0.2, 0) is 9.53 Å². The van der Waals surface area contributed by atoms with Gasteiger partial charge in [0.25, 0.3) is 5.91 Å². The number of carbonyl (C=O) groups is 1. The molecule has 138 valence electrons. The summed E-state index contributed by atoms with van der Waals surface area (Å²) in [6, 6.07) is 16.7. The summed E-state index contributed by atoms with van der Waals surface area (Å²) in [6.07, 6.45) is 1.59. The van der Waals surface area contributed by atoms with Gasteiger partial charge in [-0.15, -0.1) is 0 Å². The molecule has 0 spiro atoms. The van der Waals surface area contributed by atoms with E-state index < -0.39 is 5.91 Å². The van der Waals surface area contributed by atoms with Crippen molar-refractivity contribution in [3.05, 3.63) is 59.7 Å². The molecule has 2 aromatic rings. The van der Waals surface area contributed by atoms with E-state index in [1.165, 1.54) is 0 Å². The van der Waals surface area contributed by atoms with Gasteiger partial charge in [-0.1, -0.05) is 12.1 Å². The van der Waals surface area contributed by atoms with Gasteiger partial charge in [0.15, 0.2) is 0 Å². The number of benzene rings is 2. The lowest BCUT2D eigenvalue weighted by Gasteiger charge is -2.28. The predicted molar refractivity (Wildman–Crippen MR) is 105 cm³/mol. The molecule has 1 fully saturated rings. The van der Waals surface area contributed by atoms with E-state index in [1.807, 2.05) is 30.3 Å². The van der Waals surface area contributed by atoms with E-state index in [1.54, 1.807) is 37.5 Å². The fourth-order valence-electron chi connectivity index (χ4n) is 2.79. The number of nitrogens with zero attached hydrogens (tertiary/aromatic N) is 2. The van der Waals surface area contributed by atoms with Crippen molar-refractivity contribution in [3.63, 3.8) is 0 Å². The van der Waals surface area contributed by atoms with E-state index in [0.717, 1.165) is 37.6 Å². The Bertz CT molecular complexity index is 846. The first kappa shape index (κ1) is 18.5. The van der Waals surface area contributed by atoms with Crippen LogP contribution in [0.1, 0.15) is 5.56 Å². The van der Waals surface area contributed by atoms with Crippen molar-refractivity contribution < 1.29 is 14.3 Å². The molecular weight excluding hydrogens is 342 g/mol. The number of morpholine rings is 1. The fourth-order valence-corrected chi connectivity index (χ4v) is 2.79. The van der Waals surface area contributed by atoms with Crippen LogP contribution in [0.4, 0.5) is 11.4 Å². The number of nitrogens with one attached hydrogen (secondary N) is 1. The van der Waals surface area contributed by atoms with Crippen LogP contribution < -0.4 is 15.0 Å². The number of hydrogen-bond donors (Lipinski definition) is 1. The van der Waals surface area contributed by atoms with Gasteiger partial charge in [0.1, 0.15) is 17.4 Å². The summed E-state index contributed by atoms with van der Waals surface area (Å²) in [7, 11) is 1.58. The number of nitriles is 1. The largest absolute Gasteiger partial charge is 0.497 e. The average molecular weight is 363 g/mol. The Balaban J connectivity index is 1.69. The van der Waals surface area contributed by atoms with E-state index in [0.29, 0.717) is 11.4 Å². The third-order valence-electron chi connectivity index (χ3n) is 4.29. The lowest BCUT2D eigenvalue weighted by atomic mass is 10.1. The smallest absolute Gasteiger partial charge is 0.266 e. The third-order valence-corrected chi connectivity index (χ3v) is 4.29. The van der Waals surface area contributed by atoms with Crippen molar-refractivity contribution in [2.75, 3.05) is 43.6 Å². The molecule has 3 rings (SSSR count). The molecule has 2 aromatic carbocycles. The summed E-state index contributed by atoms with van der Waals surface area (Å²) in [6.45, 7) is 3.18. The molecule has 0 aliphatic carbocycles. The number of hydrogen-bond acceptors (Lipinski definition) is 5. The summed E-state index contributed by atoms with van der Waals surface area (Å²) < 4.78 is 10.4. The molecule has 0 atom stereocenters. The molecule has 1 aliphatic rings. The van der Waals surface area contributed by atoms with E-state index in [4.69, 9.17) is 9.47 Å². The first-order valence-corrected chi connectivity index (χ1v) is 8.69. The molecule has 1 heterocycles. The van der Waals surface area contributed by atoms with Crippen LogP contribution in [0.3, 0.4) is 0 Å². The van der Waals surface area contributed by atoms with Crippen molar-refractivity contribution in [2.24, 2.45) is 0 Å². The van der Waals surface area contributed by atoms with E-state index in [2.05, 4.69) is 10.2 Å². The first-order valence-electron chi connectivity index (χ1n) is 8.69. The summed E-state index contributed by atoms with van der Waals surface area (Å²) in [5, 5.41) is 12.1. The highest BCUT2D eigenvalue weighted by Gasteiger charge is 2.12. The molecule has 0 saturated carbocycles. The molecule has 0 radical (unpaired) electrons. The molecule has 1 saturated heterocycles. The van der Waals surface area contributed by atoms with Gasteiger partial charge in [0.2, 0.25) is 0 Å². The van der Waals surface area contributed by atoms with Crippen LogP contribution in [0.5, 0.6) is 5.75 Å². The zero-order chi connectivity index (χ0) is 19.1. The van der Waals surface area contributed by atoms with Crippen LogP contribution >= 0.6 is 0 Å². The second kappa shape index (κ2) is 8.88. The second-order valence-corrected chi connectivity index (χ2v) is 6.04. The third kappa shape index (κ3) is 4.87. The highest BCUT2D eigenvalue weighted by atomic mass is 16.5. The quantitative estimate of drug-likeness (QED) is 0.653. The van der Waals surface area contributed by atoms with Crippen LogP contribution in [0.2, 0.25) is 0 Å². The van der Waals surface area contributed by atoms with E-state index >= 15 is 0 Å². The minimum Gasteiger partial charge on any atom is -0.497 e. The average Bonchev–Trinajstić information content (AvgIpc) is 2.73. The van der Waals surface area contributed by atoms with Crippen molar-refractivity contribution in [2.45, 2.75) is 0 Å². The zero-order valence-electron chi connectivity index (χ0n) is 15.1. The van der Waals surface area contributed by atoms with Crippen molar-refractivity contribution in [1.29, 1.82) is 5.26 Å². The summed E-state index contributed by atoms with van der Waals surface area (Å²) >= 11 is 0. The number of amides is 1. The predicted octanol–water partition coefficient (Wildman–Crippen LogP) is 3.08. The van der Waals surface area contributed by atoms with Gasteiger partial charge in [-0.3, -0.25) is 4.79 Å². The van der Waals surface area contributed by atoms with Gasteiger partial charge in [-0.2, -0.15) is 5.26 Å². The Kier molecular flexibility index (Phi) is 6.08. The van der Waals surface area contributed by atoms with Gasteiger partial charge < -0.3 is 19.7 Å². The Morgan fingerprint density at radius 1 is 1.15 bits per heavy atom. The maximum atomic E-state index is 12.4. The summed E-state index contributed by atoms with van der Waals surface area (Å²) in [5.74, 6) is 0.254. The number of ether oxygens (including phenoxy) is 2. The van der Waals surface area contributed by atoms with Crippen molar-refractivity contribution in [3.8, 4) is 11.8 Å². The number of methoxy groups -OCH3 is 1. The first-order chi connectivity index (χ1) is 13.2. The lowest BCUT2D eigenvalue weighted by molar-refractivity contribution is -0.112. The van der Waals surface area contributed by atoms with Crippen LogP contribution in [0.15, 0.2) is 54.1 Å². The standard InChI is InChI=1S/C21H21N3O3/c1-26-20-8-4-18(5-9-20)23-21(25)17(15-22)14-16-2-6-19(7-3-16)24-10-12-27-13-11-24/h2-9,14H,10-13H2,1H3,(H,23,25)/b17-14-. The lowest BCUT2D eigenvalue weighted by Crippen LogP contribution is -2.36. The van der Waals surface area contributed by atoms with E-state index in [-0.39, 0.29) is 5.57 Å². The normalized spacial score (nSPS) is 14.4. The highest BCUT2D eigenvalue weighted by Crippen LogP contribution is 2.19. The SMILES string of the molecule is COc1ccc(NC(=O)/C(C#N)=C\c2ccc(N3CCOCC3)cc2)cc1. The Labute approximate surface area is 158 Å². The van der Waals surface area contributed by atoms with Crippen LogP contribution in [0, 0.1) is 11.3 Å². The minimum absolute atomic E-state index is 0.0462. The van der Waals surface area contributed by atoms with Gasteiger partial charge in [-0.05, 0) is 48.0 Å². The monoisotopic (exact) mass is 363 g/mol. The molecule has 6 nitrogen and oxygen atoms in total. The molecule has 0 unspecified atom stereocenters. The molecule has 1 aliphatic heterocycles. The number of carbonyl (C=O) groups excluding carboxylic acids is 1. The zero-order valence-corrected chi connectivity index (χ0v) is 15.1. The molecule has 1 amide bonds. The van der Waals surface area contributed by atoms with E-state index in [9.17, 15) is 10.1 Å². The number of rotatable bonds is 5. The maximum Gasteiger partial charge on any atom is 0.266 e. The van der Waals surface area contributed by atoms with Crippen LogP contribution in [0.25, 0.3) is 6.08 Å². The Hall–Kier alpha value is -3.30. The highest BCUT2D eigenvalue weighted by molar-refractivity contribution is 6.09. The van der Waals surface area contributed by atoms with Crippen molar-refractivity contribution in [1.82, 2.24) is 0 Å². The molecule has 0 aromatic heterocycles. The molecule has 6 heteroatoms. The Morgan fingerprint density at radius 2 is 1.81 bits per heavy atom. The van der Waals surface area contributed by atoms with Gasteiger partial charge in [-0.25, -0.2) is 0 Å². The molecule has 27 heavy (non-hydrogen) atoms. The van der Waals surface area contributed by atoms with Gasteiger partial charge in [0, 0.05) is 24.5 Å². The molecular formula is C21H21N3O3. The molecule has 1 N–H and O–H groups in total. The minimum atomic E-state index is -0.445. The van der Waals surface area contributed by atoms with Gasteiger partial charge >= 0.3 is 0 Å². The summed E-state index contributed by atoms with van der Waals surface area (Å²) in [5.41, 5.74) is 2.56. The number of anilines is 2. The van der Waals surface area contributed by atoms with Crippen molar-refractivity contribution >= 4 is 23.4 Å². The second-order valence-electron chi connectivity index (χ2n) is 6.04. The summed E-state index contributed by atoms with van der Waals surface area (Å²) in [4.78, 5) is 14.6. The Morgan fingerprint density at radius 3 is 2.41 bits per heavy atom. The topological polar surface area (TPSA) is 74.6 Å². The van der Waals surface area contributed by atoms with Crippen LogP contribution in [-0.4, -0.2) is 39.3 Å².